The molecule has 0 saturated heterocycles. The number of nitrogens with zero attached hydrogens (tertiary/aromatic N) is 3. The maximum absolute atomic E-state index is 5.63. The van der Waals surface area contributed by atoms with Gasteiger partial charge in [0.15, 0.2) is 11.0 Å². The lowest BCUT2D eigenvalue weighted by Crippen LogP contribution is -1.97. The molecular weight excluding hydrogens is 294 g/mol. The second-order valence-electron chi connectivity index (χ2n) is 5.46. The van der Waals surface area contributed by atoms with E-state index in [1.165, 1.54) is 11.1 Å². The Morgan fingerprint density at radius 1 is 1.09 bits per heavy atom. The zero-order valence-electron chi connectivity index (χ0n) is 13.3. The summed E-state index contributed by atoms with van der Waals surface area (Å²) in [5.74, 6) is 2.36. The molecule has 0 N–H and O–H groups in total. The molecule has 22 heavy (non-hydrogen) atoms. The molecule has 0 radical (unpaired) electrons. The SMILES string of the molecule is Cc1cc(C)cc(-n2ccnc2SCc2oc(C)nc2C)c1. The van der Waals surface area contributed by atoms with E-state index >= 15 is 0 Å². The third kappa shape index (κ3) is 3.09. The molecule has 0 amide bonds. The smallest absolute Gasteiger partial charge is 0.191 e. The van der Waals surface area contributed by atoms with Gasteiger partial charge in [0.05, 0.1) is 11.4 Å². The Kier molecular flexibility index (Phi) is 4.07. The van der Waals surface area contributed by atoms with Gasteiger partial charge in [-0.1, -0.05) is 17.8 Å². The minimum Gasteiger partial charge on any atom is -0.445 e. The first kappa shape index (κ1) is 14.9. The highest BCUT2D eigenvalue weighted by Gasteiger charge is 2.11. The molecule has 1 aromatic carbocycles. The number of aryl methyl sites for hydroxylation is 4. The topological polar surface area (TPSA) is 43.9 Å². The van der Waals surface area contributed by atoms with E-state index in [0.29, 0.717) is 5.89 Å². The van der Waals surface area contributed by atoms with Crippen molar-refractivity contribution in [2.45, 2.75) is 38.6 Å². The predicted molar refractivity (Wildman–Crippen MR) is 88.6 cm³/mol. The van der Waals surface area contributed by atoms with Crippen LogP contribution in [0.3, 0.4) is 0 Å². The van der Waals surface area contributed by atoms with Gasteiger partial charge in [0.25, 0.3) is 0 Å². The first-order valence-corrected chi connectivity index (χ1v) is 8.19. The molecule has 3 rings (SSSR count). The molecule has 5 heteroatoms. The molecule has 0 saturated carbocycles. The minimum atomic E-state index is 0.714. The number of thioether (sulfide) groups is 1. The maximum Gasteiger partial charge on any atom is 0.191 e. The van der Waals surface area contributed by atoms with Crippen molar-refractivity contribution >= 4 is 11.8 Å². The third-order valence-electron chi connectivity index (χ3n) is 3.42. The van der Waals surface area contributed by atoms with Crippen LogP contribution in [-0.4, -0.2) is 14.5 Å². The van der Waals surface area contributed by atoms with Gasteiger partial charge in [0.1, 0.15) is 5.76 Å². The molecule has 3 aromatic rings. The summed E-state index contributed by atoms with van der Waals surface area (Å²) in [7, 11) is 0. The Labute approximate surface area is 134 Å². The van der Waals surface area contributed by atoms with Crippen LogP contribution in [0, 0.1) is 27.7 Å². The first-order chi connectivity index (χ1) is 10.5. The number of aromatic nitrogens is 3. The zero-order chi connectivity index (χ0) is 15.7. The van der Waals surface area contributed by atoms with Crippen LogP contribution in [0.4, 0.5) is 0 Å². The number of benzene rings is 1. The highest BCUT2D eigenvalue weighted by atomic mass is 32.2. The van der Waals surface area contributed by atoms with Gasteiger partial charge in [-0.2, -0.15) is 0 Å². The molecule has 0 bridgehead atoms. The van der Waals surface area contributed by atoms with Crippen molar-refractivity contribution in [3.63, 3.8) is 0 Å². The summed E-state index contributed by atoms with van der Waals surface area (Å²) in [5.41, 5.74) is 4.60. The van der Waals surface area contributed by atoms with E-state index < -0.39 is 0 Å². The van der Waals surface area contributed by atoms with Crippen molar-refractivity contribution in [2.75, 3.05) is 0 Å². The van der Waals surface area contributed by atoms with Crippen LogP contribution >= 0.6 is 11.8 Å². The Bertz CT molecular complexity index is 784. The van der Waals surface area contributed by atoms with Crippen LogP contribution in [-0.2, 0) is 5.75 Å². The quantitative estimate of drug-likeness (QED) is 0.670. The average Bonchev–Trinajstić information content (AvgIpc) is 3.01. The summed E-state index contributed by atoms with van der Waals surface area (Å²) in [6.45, 7) is 8.07. The third-order valence-corrected chi connectivity index (χ3v) is 4.39. The predicted octanol–water partition coefficient (Wildman–Crippen LogP) is 4.39. The van der Waals surface area contributed by atoms with Crippen LogP contribution in [0.5, 0.6) is 0 Å². The van der Waals surface area contributed by atoms with Crippen molar-refractivity contribution in [2.24, 2.45) is 0 Å². The number of hydrogen-bond donors (Lipinski definition) is 0. The van der Waals surface area contributed by atoms with E-state index in [2.05, 4.69) is 46.6 Å². The summed E-state index contributed by atoms with van der Waals surface area (Å²) < 4.78 is 7.74. The van der Waals surface area contributed by atoms with E-state index in [1.54, 1.807) is 11.8 Å². The second-order valence-corrected chi connectivity index (χ2v) is 6.40. The van der Waals surface area contributed by atoms with Crippen LogP contribution in [0.1, 0.15) is 28.5 Å². The van der Waals surface area contributed by atoms with Crippen LogP contribution in [0.15, 0.2) is 40.2 Å². The normalized spacial score (nSPS) is 11.1. The van der Waals surface area contributed by atoms with Gasteiger partial charge >= 0.3 is 0 Å². The fourth-order valence-corrected chi connectivity index (χ4v) is 3.49. The first-order valence-electron chi connectivity index (χ1n) is 7.20. The molecule has 114 valence electrons. The van der Waals surface area contributed by atoms with Crippen LogP contribution in [0.25, 0.3) is 5.69 Å². The van der Waals surface area contributed by atoms with Crippen molar-refractivity contribution < 1.29 is 4.42 Å². The lowest BCUT2D eigenvalue weighted by Gasteiger charge is -2.09. The summed E-state index contributed by atoms with van der Waals surface area (Å²) in [6, 6.07) is 6.51. The Morgan fingerprint density at radius 2 is 1.82 bits per heavy atom. The summed E-state index contributed by atoms with van der Waals surface area (Å²) in [6.07, 6.45) is 3.83. The van der Waals surface area contributed by atoms with E-state index in [9.17, 15) is 0 Å². The number of hydrogen-bond acceptors (Lipinski definition) is 4. The Morgan fingerprint density at radius 3 is 2.45 bits per heavy atom. The van der Waals surface area contributed by atoms with Gasteiger partial charge in [-0.3, -0.25) is 4.57 Å². The van der Waals surface area contributed by atoms with Gasteiger partial charge in [0, 0.05) is 25.0 Å². The fraction of sp³-hybridized carbons (Fsp3) is 0.294. The van der Waals surface area contributed by atoms with Crippen molar-refractivity contribution in [1.82, 2.24) is 14.5 Å². The van der Waals surface area contributed by atoms with E-state index in [0.717, 1.165) is 28.1 Å². The molecule has 0 aliphatic carbocycles. The molecule has 0 spiro atoms. The van der Waals surface area contributed by atoms with Crippen LogP contribution in [0.2, 0.25) is 0 Å². The van der Waals surface area contributed by atoms with Gasteiger partial charge in [-0.05, 0) is 44.0 Å². The molecule has 0 aliphatic rings. The molecular formula is C17H19N3OS. The van der Waals surface area contributed by atoms with E-state index in [-0.39, 0.29) is 0 Å². The fourth-order valence-electron chi connectivity index (χ4n) is 2.52. The summed E-state index contributed by atoms with van der Waals surface area (Å²) >= 11 is 1.66. The molecule has 0 atom stereocenters. The number of rotatable bonds is 4. The minimum absolute atomic E-state index is 0.714. The Hall–Kier alpha value is -2.01. The van der Waals surface area contributed by atoms with Crippen molar-refractivity contribution in [3.8, 4) is 5.69 Å². The number of imidazole rings is 1. The average molecular weight is 313 g/mol. The molecule has 2 aromatic heterocycles. The maximum atomic E-state index is 5.63. The van der Waals surface area contributed by atoms with Gasteiger partial charge in [-0.25, -0.2) is 9.97 Å². The highest BCUT2D eigenvalue weighted by molar-refractivity contribution is 7.98. The lowest BCUT2D eigenvalue weighted by molar-refractivity contribution is 0.490. The lowest BCUT2D eigenvalue weighted by atomic mass is 10.1. The second kappa shape index (κ2) is 6.01. The summed E-state index contributed by atoms with van der Waals surface area (Å²) in [5, 5.41) is 0.957. The highest BCUT2D eigenvalue weighted by Crippen LogP contribution is 2.26. The molecule has 0 aliphatic heterocycles. The van der Waals surface area contributed by atoms with Gasteiger partial charge < -0.3 is 4.42 Å². The zero-order valence-corrected chi connectivity index (χ0v) is 14.1. The molecule has 2 heterocycles. The van der Waals surface area contributed by atoms with Gasteiger partial charge in [0.2, 0.25) is 0 Å². The summed E-state index contributed by atoms with van der Waals surface area (Å²) in [4.78, 5) is 8.77. The van der Waals surface area contributed by atoms with E-state index in [4.69, 9.17) is 4.42 Å². The standard InChI is InChI=1S/C17H19N3OS/c1-11-7-12(2)9-15(8-11)20-6-5-18-17(20)22-10-16-13(3)19-14(4)21-16/h5-9H,10H2,1-4H3. The van der Waals surface area contributed by atoms with Crippen molar-refractivity contribution in [1.29, 1.82) is 0 Å². The molecule has 4 nitrogen and oxygen atoms in total. The number of oxazole rings is 1. The molecule has 0 unspecified atom stereocenters. The van der Waals surface area contributed by atoms with Crippen LogP contribution < -0.4 is 0 Å². The Balaban J connectivity index is 1.84. The van der Waals surface area contributed by atoms with E-state index in [1.807, 2.05) is 26.2 Å². The van der Waals surface area contributed by atoms with Gasteiger partial charge in [-0.15, -0.1) is 0 Å². The largest absolute Gasteiger partial charge is 0.445 e. The monoisotopic (exact) mass is 313 g/mol. The molecule has 0 fully saturated rings. The van der Waals surface area contributed by atoms with Crippen molar-refractivity contribution in [3.05, 3.63) is 59.1 Å².